The number of aromatic amines is 1. The number of carboxylic acid groups (broad SMARTS) is 1. The number of H-pyrrole nitrogens is 1. The zero-order valence-electron chi connectivity index (χ0n) is 17.3. The Morgan fingerprint density at radius 1 is 1.09 bits per heavy atom. The Kier molecular flexibility index (Phi) is 5.18. The van der Waals surface area contributed by atoms with Crippen molar-refractivity contribution in [2.45, 2.75) is 25.1 Å². The number of aliphatic carboxylic acids is 1. The smallest absolute Gasteiger partial charge is 0.416 e. The molecular weight excluding hydrogens is 456 g/mol. The van der Waals surface area contributed by atoms with Crippen molar-refractivity contribution < 1.29 is 32.2 Å². The number of nitrogens with zero attached hydrogens (tertiary/aromatic N) is 3. The van der Waals surface area contributed by atoms with Gasteiger partial charge in [0.15, 0.2) is 0 Å². The molecule has 2 heterocycles. The first-order valence-electron chi connectivity index (χ1n) is 10.3. The molecule has 34 heavy (non-hydrogen) atoms. The Hall–Kier alpha value is -4.02. The van der Waals surface area contributed by atoms with Crippen molar-refractivity contribution in [1.82, 2.24) is 19.9 Å². The van der Waals surface area contributed by atoms with E-state index in [2.05, 4.69) is 19.9 Å². The summed E-state index contributed by atoms with van der Waals surface area (Å²) in [5, 5.41) is 8.91. The SMILES string of the molecule is O=C(O)[C@H]1C[C@@H](Oc2cnc(-c3ccc(-c4nc5cc(C(F)(F)F)ccc5[nH]4)c(F)c3)cn2)C1. The predicted octanol–water partition coefficient (Wildman–Crippen LogP) is 5.09. The van der Waals surface area contributed by atoms with Crippen molar-refractivity contribution in [3.8, 4) is 28.5 Å². The van der Waals surface area contributed by atoms with Crippen molar-refractivity contribution >= 4 is 17.0 Å². The summed E-state index contributed by atoms with van der Waals surface area (Å²) < 4.78 is 59.2. The van der Waals surface area contributed by atoms with E-state index in [9.17, 15) is 22.4 Å². The summed E-state index contributed by atoms with van der Waals surface area (Å²) in [5.74, 6) is -1.54. The van der Waals surface area contributed by atoms with Gasteiger partial charge in [-0.1, -0.05) is 6.07 Å². The molecule has 0 saturated heterocycles. The van der Waals surface area contributed by atoms with Crippen LogP contribution in [-0.2, 0) is 11.0 Å². The monoisotopic (exact) mass is 472 g/mol. The molecule has 0 spiro atoms. The second-order valence-electron chi connectivity index (χ2n) is 8.00. The van der Waals surface area contributed by atoms with Crippen molar-refractivity contribution in [2.75, 3.05) is 0 Å². The third-order valence-electron chi connectivity index (χ3n) is 5.69. The standard InChI is InChI=1S/C23H16F4N4O3/c24-16-7-11(19-9-29-20(10-28-19)34-14-5-12(6-14)22(32)33)1-3-15(16)21-30-17-4-2-13(23(25,26)27)8-18(17)31-21/h1-4,7-10,12,14H,5-6H2,(H,30,31)(H,32,33)/t12-,14+. The molecule has 4 aromatic rings. The van der Waals surface area contributed by atoms with Crippen LogP contribution in [0, 0.1) is 11.7 Å². The van der Waals surface area contributed by atoms with Crippen molar-refractivity contribution in [1.29, 1.82) is 0 Å². The van der Waals surface area contributed by atoms with E-state index in [-0.39, 0.29) is 28.9 Å². The molecule has 5 rings (SSSR count). The van der Waals surface area contributed by atoms with Crippen LogP contribution < -0.4 is 4.74 Å². The fraction of sp³-hybridized carbons (Fsp3) is 0.217. The van der Waals surface area contributed by atoms with Crippen LogP contribution in [0.15, 0.2) is 48.8 Å². The molecule has 0 radical (unpaired) electrons. The number of carbonyl (C=O) groups is 1. The number of carboxylic acids is 1. The minimum absolute atomic E-state index is 0.0795. The van der Waals surface area contributed by atoms with Crippen LogP contribution in [0.4, 0.5) is 17.6 Å². The molecule has 0 amide bonds. The zero-order valence-corrected chi connectivity index (χ0v) is 17.3. The van der Waals surface area contributed by atoms with Crippen LogP contribution in [0.2, 0.25) is 0 Å². The van der Waals surface area contributed by atoms with Crippen LogP contribution in [0.1, 0.15) is 18.4 Å². The maximum absolute atomic E-state index is 14.9. The molecule has 7 nitrogen and oxygen atoms in total. The molecule has 1 aliphatic rings. The molecule has 0 bridgehead atoms. The number of nitrogens with one attached hydrogen (secondary N) is 1. The van der Waals surface area contributed by atoms with E-state index in [1.165, 1.54) is 30.6 Å². The van der Waals surface area contributed by atoms with Gasteiger partial charge in [0.05, 0.1) is 46.2 Å². The lowest BCUT2D eigenvalue weighted by Gasteiger charge is -2.31. The summed E-state index contributed by atoms with van der Waals surface area (Å²) in [7, 11) is 0. The van der Waals surface area contributed by atoms with Gasteiger partial charge in [-0.3, -0.25) is 4.79 Å². The molecule has 2 N–H and O–H groups in total. The molecule has 0 atom stereocenters. The number of alkyl halides is 3. The highest BCUT2D eigenvalue weighted by Gasteiger charge is 2.36. The summed E-state index contributed by atoms with van der Waals surface area (Å²) >= 11 is 0. The van der Waals surface area contributed by atoms with E-state index >= 15 is 0 Å². The van der Waals surface area contributed by atoms with Gasteiger partial charge in [-0.2, -0.15) is 13.2 Å². The molecule has 2 aromatic carbocycles. The van der Waals surface area contributed by atoms with Gasteiger partial charge >= 0.3 is 12.1 Å². The van der Waals surface area contributed by atoms with Crippen LogP contribution >= 0.6 is 0 Å². The molecule has 1 saturated carbocycles. The van der Waals surface area contributed by atoms with Gasteiger partial charge < -0.3 is 14.8 Å². The molecule has 1 fully saturated rings. The molecule has 174 valence electrons. The lowest BCUT2D eigenvalue weighted by Crippen LogP contribution is -2.38. The number of rotatable bonds is 5. The number of aromatic nitrogens is 4. The minimum Gasteiger partial charge on any atom is -0.481 e. The summed E-state index contributed by atoms with van der Waals surface area (Å²) in [6.45, 7) is 0. The van der Waals surface area contributed by atoms with Gasteiger partial charge in [0.25, 0.3) is 0 Å². The average molecular weight is 472 g/mol. The Morgan fingerprint density at radius 3 is 2.53 bits per heavy atom. The number of halogens is 4. The van der Waals surface area contributed by atoms with Gasteiger partial charge in [0.1, 0.15) is 17.7 Å². The van der Waals surface area contributed by atoms with Gasteiger partial charge in [0.2, 0.25) is 5.88 Å². The lowest BCUT2D eigenvalue weighted by atomic mass is 9.82. The number of hydrogen-bond acceptors (Lipinski definition) is 5. The van der Waals surface area contributed by atoms with E-state index in [1.54, 1.807) is 6.07 Å². The number of ether oxygens (including phenoxy) is 1. The molecular formula is C23H16F4N4O3. The molecule has 1 aliphatic carbocycles. The van der Waals surface area contributed by atoms with E-state index in [0.717, 1.165) is 12.1 Å². The zero-order chi connectivity index (χ0) is 24.0. The maximum atomic E-state index is 14.9. The molecule has 0 aliphatic heterocycles. The second-order valence-corrected chi connectivity index (χ2v) is 8.00. The van der Waals surface area contributed by atoms with Crippen molar-refractivity contribution in [3.05, 3.63) is 60.2 Å². The van der Waals surface area contributed by atoms with E-state index in [1.807, 2.05) is 0 Å². The quantitative estimate of drug-likeness (QED) is 0.393. The van der Waals surface area contributed by atoms with Crippen molar-refractivity contribution in [2.24, 2.45) is 5.92 Å². The highest BCUT2D eigenvalue weighted by atomic mass is 19.4. The summed E-state index contributed by atoms with van der Waals surface area (Å²) in [4.78, 5) is 26.2. The first-order valence-corrected chi connectivity index (χ1v) is 10.3. The highest BCUT2D eigenvalue weighted by Crippen LogP contribution is 2.33. The van der Waals surface area contributed by atoms with Gasteiger partial charge in [-0.15, -0.1) is 0 Å². The summed E-state index contributed by atoms with van der Waals surface area (Å²) in [6, 6.07) is 7.39. The van der Waals surface area contributed by atoms with Crippen LogP contribution in [0.25, 0.3) is 33.7 Å². The first kappa shape index (κ1) is 21.8. The lowest BCUT2D eigenvalue weighted by molar-refractivity contribution is -0.148. The van der Waals surface area contributed by atoms with E-state index < -0.39 is 29.4 Å². The number of hydrogen-bond donors (Lipinski definition) is 2. The Morgan fingerprint density at radius 2 is 1.88 bits per heavy atom. The fourth-order valence-corrected chi connectivity index (χ4v) is 3.74. The minimum atomic E-state index is -4.50. The highest BCUT2D eigenvalue weighted by molar-refractivity contribution is 5.80. The van der Waals surface area contributed by atoms with E-state index in [0.29, 0.717) is 29.6 Å². The van der Waals surface area contributed by atoms with Gasteiger partial charge in [-0.25, -0.2) is 19.3 Å². The second kappa shape index (κ2) is 8.08. The average Bonchev–Trinajstić information content (AvgIpc) is 3.18. The third kappa shape index (κ3) is 4.16. The van der Waals surface area contributed by atoms with E-state index in [4.69, 9.17) is 9.84 Å². The largest absolute Gasteiger partial charge is 0.481 e. The topological polar surface area (TPSA) is 101 Å². The Balaban J connectivity index is 1.33. The van der Waals surface area contributed by atoms with Crippen LogP contribution in [0.3, 0.4) is 0 Å². The van der Waals surface area contributed by atoms with Gasteiger partial charge in [0, 0.05) is 5.56 Å². The molecule has 0 unspecified atom stereocenters. The Labute approximate surface area is 189 Å². The number of imidazole rings is 1. The predicted molar refractivity (Wildman–Crippen MR) is 112 cm³/mol. The summed E-state index contributed by atoms with van der Waals surface area (Å²) in [6.07, 6.45) is -1.12. The normalized spacial score (nSPS) is 18.0. The number of fused-ring (bicyclic) bond motifs is 1. The fourth-order valence-electron chi connectivity index (χ4n) is 3.74. The van der Waals surface area contributed by atoms with Crippen LogP contribution in [0.5, 0.6) is 5.88 Å². The van der Waals surface area contributed by atoms with Crippen molar-refractivity contribution in [3.63, 3.8) is 0 Å². The third-order valence-corrected chi connectivity index (χ3v) is 5.69. The molecule has 11 heteroatoms. The molecule has 2 aromatic heterocycles. The summed E-state index contributed by atoms with van der Waals surface area (Å²) in [5.41, 5.74) is 0.517. The Bertz CT molecular complexity index is 1380. The number of benzene rings is 2. The first-order chi connectivity index (χ1) is 16.2. The maximum Gasteiger partial charge on any atom is 0.416 e. The van der Waals surface area contributed by atoms with Crippen LogP contribution in [-0.4, -0.2) is 37.1 Å². The van der Waals surface area contributed by atoms with Gasteiger partial charge in [-0.05, 0) is 43.2 Å².